The minimum absolute atomic E-state index is 0.293. The van der Waals surface area contributed by atoms with Gasteiger partial charge in [0.05, 0.1) is 18.3 Å². The molecule has 0 saturated carbocycles. The summed E-state index contributed by atoms with van der Waals surface area (Å²) in [4.78, 5) is 9.20. The van der Waals surface area contributed by atoms with E-state index < -0.39 is 0 Å². The summed E-state index contributed by atoms with van der Waals surface area (Å²) in [5.74, 6) is 1.31. The zero-order valence-corrected chi connectivity index (χ0v) is 15.3. The van der Waals surface area contributed by atoms with Gasteiger partial charge in [0.15, 0.2) is 5.96 Å². The van der Waals surface area contributed by atoms with Gasteiger partial charge in [-0.15, -0.1) is 11.3 Å². The van der Waals surface area contributed by atoms with Crippen LogP contribution in [0.1, 0.15) is 57.7 Å². The topological polar surface area (TPSA) is 58.5 Å². The van der Waals surface area contributed by atoms with E-state index in [9.17, 15) is 0 Å². The molecule has 1 aromatic heterocycles. The third-order valence-corrected chi connectivity index (χ3v) is 3.79. The monoisotopic (exact) mass is 326 g/mol. The Morgan fingerprint density at radius 3 is 2.68 bits per heavy atom. The van der Waals surface area contributed by atoms with E-state index in [1.165, 1.54) is 0 Å². The van der Waals surface area contributed by atoms with Crippen LogP contribution >= 0.6 is 11.3 Å². The summed E-state index contributed by atoms with van der Waals surface area (Å²) in [6.07, 6.45) is 1.26. The van der Waals surface area contributed by atoms with Gasteiger partial charge in [-0.3, -0.25) is 0 Å². The molecule has 0 aliphatic rings. The maximum Gasteiger partial charge on any atom is 0.191 e. The van der Waals surface area contributed by atoms with E-state index in [-0.39, 0.29) is 0 Å². The maximum atomic E-state index is 5.53. The van der Waals surface area contributed by atoms with Crippen molar-refractivity contribution < 1.29 is 4.74 Å². The molecule has 1 rings (SSSR count). The van der Waals surface area contributed by atoms with Crippen LogP contribution in [-0.2, 0) is 11.3 Å². The molecule has 0 spiro atoms. The van der Waals surface area contributed by atoms with Crippen LogP contribution in [0.2, 0.25) is 0 Å². The van der Waals surface area contributed by atoms with Crippen molar-refractivity contribution in [1.29, 1.82) is 0 Å². The summed E-state index contributed by atoms with van der Waals surface area (Å²) >= 11 is 1.68. The van der Waals surface area contributed by atoms with Crippen LogP contribution in [0.5, 0.6) is 0 Å². The van der Waals surface area contributed by atoms with Crippen molar-refractivity contribution in [3.8, 4) is 0 Å². The zero-order valence-electron chi connectivity index (χ0n) is 14.5. The Balaban J connectivity index is 2.40. The van der Waals surface area contributed by atoms with Gasteiger partial charge in [0, 0.05) is 25.1 Å². The third-order valence-electron chi connectivity index (χ3n) is 2.94. The van der Waals surface area contributed by atoms with Gasteiger partial charge < -0.3 is 15.4 Å². The number of aromatic nitrogens is 1. The van der Waals surface area contributed by atoms with Crippen LogP contribution < -0.4 is 10.6 Å². The highest BCUT2D eigenvalue weighted by atomic mass is 32.1. The summed E-state index contributed by atoms with van der Waals surface area (Å²) in [5, 5.41) is 9.77. The predicted molar refractivity (Wildman–Crippen MR) is 94.7 cm³/mol. The summed E-state index contributed by atoms with van der Waals surface area (Å²) in [6, 6.07) is 0. The molecule has 0 bridgehead atoms. The smallest absolute Gasteiger partial charge is 0.191 e. The summed E-state index contributed by atoms with van der Waals surface area (Å²) in [6.45, 7) is 13.6. The molecule has 0 aromatic carbocycles. The molecule has 1 heterocycles. The second kappa shape index (κ2) is 10.6. The van der Waals surface area contributed by atoms with E-state index in [2.05, 4.69) is 60.6 Å². The Hall–Kier alpha value is -1.14. The van der Waals surface area contributed by atoms with E-state index in [0.717, 1.165) is 42.8 Å². The van der Waals surface area contributed by atoms with Gasteiger partial charge >= 0.3 is 0 Å². The first-order valence-electron chi connectivity index (χ1n) is 8.11. The highest BCUT2D eigenvalue weighted by Gasteiger charge is 2.05. The first-order chi connectivity index (χ1) is 10.5. The van der Waals surface area contributed by atoms with Gasteiger partial charge in [-0.2, -0.15) is 0 Å². The second-order valence-corrected chi connectivity index (χ2v) is 6.66. The average molecular weight is 327 g/mol. The van der Waals surface area contributed by atoms with Gasteiger partial charge in [-0.1, -0.05) is 13.8 Å². The van der Waals surface area contributed by atoms with Crippen molar-refractivity contribution in [2.75, 3.05) is 19.7 Å². The standard InChI is InChI=1S/C16H30N4OS/c1-6-17-16(18-8-7-9-21-13(4)5)19-10-15-20-14(11-22-15)12(2)3/h11-13H,6-10H2,1-5H3,(H2,17,18,19). The van der Waals surface area contributed by atoms with Crippen LogP contribution in [0.3, 0.4) is 0 Å². The van der Waals surface area contributed by atoms with Crippen molar-refractivity contribution in [2.24, 2.45) is 4.99 Å². The first kappa shape index (κ1) is 18.9. The van der Waals surface area contributed by atoms with Crippen LogP contribution in [0, 0.1) is 0 Å². The number of hydrogen-bond donors (Lipinski definition) is 2. The molecule has 0 amide bonds. The lowest BCUT2D eigenvalue weighted by molar-refractivity contribution is 0.0776. The van der Waals surface area contributed by atoms with Crippen LogP contribution in [-0.4, -0.2) is 36.7 Å². The zero-order chi connectivity index (χ0) is 16.4. The number of aliphatic imine (C=N–C) groups is 1. The summed E-state index contributed by atoms with van der Waals surface area (Å²) in [7, 11) is 0. The van der Waals surface area contributed by atoms with Crippen molar-refractivity contribution in [1.82, 2.24) is 15.6 Å². The van der Waals surface area contributed by atoms with Gasteiger partial charge in [0.2, 0.25) is 0 Å². The largest absolute Gasteiger partial charge is 0.379 e. The van der Waals surface area contributed by atoms with E-state index in [1.54, 1.807) is 11.3 Å². The van der Waals surface area contributed by atoms with Crippen LogP contribution in [0.25, 0.3) is 0 Å². The van der Waals surface area contributed by atoms with E-state index >= 15 is 0 Å². The number of guanidine groups is 1. The molecule has 1 aromatic rings. The molecule has 126 valence electrons. The fourth-order valence-electron chi connectivity index (χ4n) is 1.75. The molecule has 0 atom stereocenters. The molecule has 5 nitrogen and oxygen atoms in total. The van der Waals surface area contributed by atoms with Gasteiger partial charge in [0.25, 0.3) is 0 Å². The normalized spacial score (nSPS) is 12.2. The lowest BCUT2D eigenvalue weighted by Gasteiger charge is -2.12. The average Bonchev–Trinajstić information content (AvgIpc) is 2.93. The van der Waals surface area contributed by atoms with E-state index in [1.807, 2.05) is 0 Å². The molecule has 0 fully saturated rings. The molecule has 0 saturated heterocycles. The van der Waals surface area contributed by atoms with E-state index in [0.29, 0.717) is 18.6 Å². The molecular formula is C16H30N4OS. The first-order valence-corrected chi connectivity index (χ1v) is 8.99. The molecular weight excluding hydrogens is 296 g/mol. The van der Waals surface area contributed by atoms with Crippen molar-refractivity contribution in [2.45, 2.75) is 59.6 Å². The summed E-state index contributed by atoms with van der Waals surface area (Å²) < 4.78 is 5.53. The number of ether oxygens (including phenoxy) is 1. The third kappa shape index (κ3) is 7.75. The summed E-state index contributed by atoms with van der Waals surface area (Å²) in [5.41, 5.74) is 1.15. The second-order valence-electron chi connectivity index (χ2n) is 5.72. The highest BCUT2D eigenvalue weighted by Crippen LogP contribution is 2.18. The Bertz CT molecular complexity index is 443. The van der Waals surface area contributed by atoms with Crippen molar-refractivity contribution >= 4 is 17.3 Å². The molecule has 0 aliphatic heterocycles. The lowest BCUT2D eigenvalue weighted by atomic mass is 10.2. The van der Waals surface area contributed by atoms with Crippen molar-refractivity contribution in [3.63, 3.8) is 0 Å². The molecule has 0 unspecified atom stereocenters. The minimum Gasteiger partial charge on any atom is -0.379 e. The molecule has 6 heteroatoms. The molecule has 0 aliphatic carbocycles. The number of nitrogens with one attached hydrogen (secondary N) is 2. The minimum atomic E-state index is 0.293. The number of hydrogen-bond acceptors (Lipinski definition) is 4. The Labute approximate surface area is 138 Å². The van der Waals surface area contributed by atoms with Crippen LogP contribution in [0.4, 0.5) is 0 Å². The molecule has 2 N–H and O–H groups in total. The predicted octanol–water partition coefficient (Wildman–Crippen LogP) is 3.14. The fourth-order valence-corrected chi connectivity index (χ4v) is 2.63. The van der Waals surface area contributed by atoms with Crippen LogP contribution in [0.15, 0.2) is 10.4 Å². The molecule has 0 radical (unpaired) electrons. The van der Waals surface area contributed by atoms with E-state index in [4.69, 9.17) is 4.74 Å². The van der Waals surface area contributed by atoms with Gasteiger partial charge in [0.1, 0.15) is 5.01 Å². The SMILES string of the molecule is CCNC(=NCc1nc(C(C)C)cs1)NCCCOC(C)C. The highest BCUT2D eigenvalue weighted by molar-refractivity contribution is 7.09. The Morgan fingerprint density at radius 1 is 1.32 bits per heavy atom. The Kier molecular flexibility index (Phi) is 9.08. The number of nitrogens with zero attached hydrogens (tertiary/aromatic N) is 2. The fraction of sp³-hybridized carbons (Fsp3) is 0.750. The quantitative estimate of drug-likeness (QED) is 0.416. The number of rotatable bonds is 9. The maximum absolute atomic E-state index is 5.53. The Morgan fingerprint density at radius 2 is 2.09 bits per heavy atom. The number of thiazole rings is 1. The van der Waals surface area contributed by atoms with Gasteiger partial charge in [-0.05, 0) is 33.1 Å². The molecule has 22 heavy (non-hydrogen) atoms. The van der Waals surface area contributed by atoms with Crippen molar-refractivity contribution in [3.05, 3.63) is 16.1 Å². The lowest BCUT2D eigenvalue weighted by Crippen LogP contribution is -2.38. The van der Waals surface area contributed by atoms with Gasteiger partial charge in [-0.25, -0.2) is 9.98 Å².